The number of ether oxygens (including phenoxy) is 1. The third-order valence-electron chi connectivity index (χ3n) is 2.68. The van der Waals surface area contributed by atoms with Crippen molar-refractivity contribution in [1.82, 2.24) is 0 Å². The molecule has 0 spiro atoms. The van der Waals surface area contributed by atoms with Gasteiger partial charge in [0.1, 0.15) is 11.1 Å². The minimum Gasteiger partial charge on any atom is -0.468 e. The Labute approximate surface area is 87.6 Å². The van der Waals surface area contributed by atoms with Crippen molar-refractivity contribution in [2.24, 2.45) is 0 Å². The monoisotopic (exact) mass is 204 g/mol. The lowest BCUT2D eigenvalue weighted by Gasteiger charge is -1.98. The van der Waals surface area contributed by atoms with Gasteiger partial charge in [-0.1, -0.05) is 6.07 Å². The van der Waals surface area contributed by atoms with Gasteiger partial charge in [0.15, 0.2) is 6.29 Å². The van der Waals surface area contributed by atoms with Gasteiger partial charge in [-0.3, -0.25) is 4.79 Å². The summed E-state index contributed by atoms with van der Waals surface area (Å²) in [6.07, 6.45) is 0.763. The van der Waals surface area contributed by atoms with Gasteiger partial charge in [0.2, 0.25) is 0 Å². The molecule has 0 saturated carbocycles. The van der Waals surface area contributed by atoms with E-state index < -0.39 is 0 Å². The molecule has 0 radical (unpaired) electrons. The number of aldehydes is 1. The largest absolute Gasteiger partial charge is 0.468 e. The molecule has 0 bridgehead atoms. The Bertz CT molecular complexity index is 523. The molecule has 78 valence electrons. The first kappa shape index (κ1) is 9.77. The number of methoxy groups -OCH3 is 1. The number of aryl methyl sites for hydroxylation is 2. The van der Waals surface area contributed by atoms with Crippen LogP contribution in [0.5, 0.6) is 5.95 Å². The molecule has 2 aromatic rings. The number of hydrogen-bond acceptors (Lipinski definition) is 3. The zero-order valence-corrected chi connectivity index (χ0v) is 8.96. The van der Waals surface area contributed by atoms with Crippen molar-refractivity contribution in [3.05, 3.63) is 28.8 Å². The summed E-state index contributed by atoms with van der Waals surface area (Å²) in [4.78, 5) is 10.9. The molecule has 1 heterocycles. The van der Waals surface area contributed by atoms with Crippen molar-refractivity contribution in [3.8, 4) is 5.95 Å². The van der Waals surface area contributed by atoms with Gasteiger partial charge in [0.05, 0.1) is 7.11 Å². The summed E-state index contributed by atoms with van der Waals surface area (Å²) in [7, 11) is 1.49. The number of carbonyl (C=O) groups excluding carboxylic acids is 1. The first-order chi connectivity index (χ1) is 7.19. The van der Waals surface area contributed by atoms with Gasteiger partial charge in [0, 0.05) is 5.39 Å². The third kappa shape index (κ3) is 1.31. The summed E-state index contributed by atoms with van der Waals surface area (Å²) >= 11 is 0. The Morgan fingerprint density at radius 2 is 2.07 bits per heavy atom. The number of hydrogen-bond donors (Lipinski definition) is 0. The average Bonchev–Trinajstić information content (AvgIpc) is 2.61. The summed E-state index contributed by atoms with van der Waals surface area (Å²) in [5, 5.41) is 0.810. The molecule has 1 aromatic carbocycles. The van der Waals surface area contributed by atoms with E-state index in [1.54, 1.807) is 0 Å². The highest BCUT2D eigenvalue weighted by Gasteiger charge is 2.16. The van der Waals surface area contributed by atoms with Crippen LogP contribution in [0.2, 0.25) is 0 Å². The second-order valence-electron chi connectivity index (χ2n) is 3.51. The Morgan fingerprint density at radius 1 is 1.33 bits per heavy atom. The zero-order valence-electron chi connectivity index (χ0n) is 8.96. The number of fused-ring (bicyclic) bond motifs is 1. The highest BCUT2D eigenvalue weighted by atomic mass is 16.6. The van der Waals surface area contributed by atoms with Crippen LogP contribution in [0.25, 0.3) is 11.0 Å². The van der Waals surface area contributed by atoms with Crippen molar-refractivity contribution in [2.45, 2.75) is 13.8 Å². The van der Waals surface area contributed by atoms with Crippen LogP contribution in [0.15, 0.2) is 16.5 Å². The van der Waals surface area contributed by atoms with Crippen molar-refractivity contribution < 1.29 is 13.9 Å². The number of benzene rings is 1. The number of furan rings is 1. The topological polar surface area (TPSA) is 39.4 Å². The summed E-state index contributed by atoms with van der Waals surface area (Å²) < 4.78 is 10.5. The molecule has 0 amide bonds. The van der Waals surface area contributed by atoms with Crippen LogP contribution in [0.1, 0.15) is 21.5 Å². The summed E-state index contributed by atoms with van der Waals surface area (Å²) in [6, 6.07) is 3.85. The minimum absolute atomic E-state index is 0.286. The standard InChI is InChI=1S/C12H12O3/c1-7-4-5-9-10(6-13)12(14-3)15-11(9)8(7)2/h4-6H,1-3H3. The van der Waals surface area contributed by atoms with Crippen molar-refractivity contribution in [3.63, 3.8) is 0 Å². The molecule has 2 rings (SSSR count). The van der Waals surface area contributed by atoms with Crippen molar-refractivity contribution >= 4 is 17.3 Å². The summed E-state index contributed by atoms with van der Waals surface area (Å²) in [5.74, 6) is 0.286. The average molecular weight is 204 g/mol. The highest BCUT2D eigenvalue weighted by molar-refractivity contribution is 6.00. The first-order valence-electron chi connectivity index (χ1n) is 4.71. The van der Waals surface area contributed by atoms with Crippen LogP contribution in [-0.4, -0.2) is 13.4 Å². The predicted octanol–water partition coefficient (Wildman–Crippen LogP) is 2.87. The van der Waals surface area contributed by atoms with Gasteiger partial charge in [-0.15, -0.1) is 0 Å². The van der Waals surface area contributed by atoms with E-state index in [-0.39, 0.29) is 5.95 Å². The lowest BCUT2D eigenvalue weighted by atomic mass is 10.1. The van der Waals surface area contributed by atoms with E-state index in [9.17, 15) is 4.79 Å². The molecular formula is C12H12O3. The van der Waals surface area contributed by atoms with Gasteiger partial charge in [0.25, 0.3) is 5.95 Å². The van der Waals surface area contributed by atoms with Crippen LogP contribution in [-0.2, 0) is 0 Å². The first-order valence-corrected chi connectivity index (χ1v) is 4.71. The van der Waals surface area contributed by atoms with E-state index in [4.69, 9.17) is 9.15 Å². The molecule has 0 atom stereocenters. The Hall–Kier alpha value is -1.77. The molecule has 3 heteroatoms. The lowest BCUT2D eigenvalue weighted by molar-refractivity contribution is 0.111. The molecule has 0 N–H and O–H groups in total. The number of carbonyl (C=O) groups is 1. The molecule has 0 aliphatic carbocycles. The van der Waals surface area contributed by atoms with E-state index in [0.29, 0.717) is 5.56 Å². The molecular weight excluding hydrogens is 192 g/mol. The fraction of sp³-hybridized carbons (Fsp3) is 0.250. The van der Waals surface area contributed by atoms with Crippen LogP contribution in [0, 0.1) is 13.8 Å². The van der Waals surface area contributed by atoms with Crippen LogP contribution in [0.3, 0.4) is 0 Å². The maximum atomic E-state index is 10.9. The van der Waals surface area contributed by atoms with Gasteiger partial charge in [-0.05, 0) is 31.0 Å². The normalized spacial score (nSPS) is 10.6. The zero-order chi connectivity index (χ0) is 11.0. The third-order valence-corrected chi connectivity index (χ3v) is 2.68. The fourth-order valence-electron chi connectivity index (χ4n) is 1.65. The maximum Gasteiger partial charge on any atom is 0.296 e. The highest BCUT2D eigenvalue weighted by Crippen LogP contribution is 2.33. The van der Waals surface area contributed by atoms with E-state index >= 15 is 0 Å². The summed E-state index contributed by atoms with van der Waals surface area (Å²) in [6.45, 7) is 3.97. The fourth-order valence-corrected chi connectivity index (χ4v) is 1.65. The van der Waals surface area contributed by atoms with Crippen LogP contribution in [0.4, 0.5) is 0 Å². The Morgan fingerprint density at radius 3 is 2.67 bits per heavy atom. The van der Waals surface area contributed by atoms with E-state index in [2.05, 4.69) is 0 Å². The second-order valence-corrected chi connectivity index (χ2v) is 3.51. The minimum atomic E-state index is 0.286. The van der Waals surface area contributed by atoms with Crippen molar-refractivity contribution in [2.75, 3.05) is 7.11 Å². The molecule has 1 aromatic heterocycles. The molecule has 0 aliphatic rings. The van der Waals surface area contributed by atoms with Crippen LogP contribution >= 0.6 is 0 Å². The van der Waals surface area contributed by atoms with Crippen LogP contribution < -0.4 is 4.74 Å². The Balaban J connectivity index is 2.87. The maximum absolute atomic E-state index is 10.9. The second kappa shape index (κ2) is 3.42. The molecule has 0 unspecified atom stereocenters. The SMILES string of the molecule is COc1oc2c(C)c(C)ccc2c1C=O. The lowest BCUT2D eigenvalue weighted by Crippen LogP contribution is -1.85. The van der Waals surface area contributed by atoms with Gasteiger partial charge in [-0.2, -0.15) is 0 Å². The summed E-state index contributed by atoms with van der Waals surface area (Å²) in [5.41, 5.74) is 3.39. The molecule has 3 nitrogen and oxygen atoms in total. The molecule has 15 heavy (non-hydrogen) atoms. The smallest absolute Gasteiger partial charge is 0.296 e. The molecule has 0 fully saturated rings. The predicted molar refractivity (Wildman–Crippen MR) is 57.6 cm³/mol. The quantitative estimate of drug-likeness (QED) is 0.706. The van der Waals surface area contributed by atoms with Gasteiger partial charge < -0.3 is 9.15 Å². The van der Waals surface area contributed by atoms with E-state index in [0.717, 1.165) is 28.4 Å². The van der Waals surface area contributed by atoms with Gasteiger partial charge >= 0.3 is 0 Å². The van der Waals surface area contributed by atoms with E-state index in [1.165, 1.54) is 7.11 Å². The van der Waals surface area contributed by atoms with Crippen molar-refractivity contribution in [1.29, 1.82) is 0 Å². The molecule has 0 aliphatic heterocycles. The van der Waals surface area contributed by atoms with E-state index in [1.807, 2.05) is 26.0 Å². The Kier molecular flexibility index (Phi) is 2.23. The van der Waals surface area contributed by atoms with Gasteiger partial charge in [-0.25, -0.2) is 0 Å². The molecule has 0 saturated heterocycles. The number of rotatable bonds is 2.